The van der Waals surface area contributed by atoms with Crippen LogP contribution in [0.2, 0.25) is 0 Å². The summed E-state index contributed by atoms with van der Waals surface area (Å²) in [5.41, 5.74) is 1.68. The van der Waals surface area contributed by atoms with Crippen LogP contribution in [0.25, 0.3) is 11.1 Å². The summed E-state index contributed by atoms with van der Waals surface area (Å²) in [6.45, 7) is 0.851. The van der Waals surface area contributed by atoms with Crippen LogP contribution in [-0.2, 0) is 28.5 Å². The maximum atomic E-state index is 12.9. The van der Waals surface area contributed by atoms with Gasteiger partial charge in [0.25, 0.3) is 0 Å². The number of methoxy groups -OCH3 is 1. The van der Waals surface area contributed by atoms with Gasteiger partial charge in [0.15, 0.2) is 0 Å². The minimum Gasteiger partial charge on any atom is -0.489 e. The van der Waals surface area contributed by atoms with Gasteiger partial charge in [0.05, 0.1) is 25.9 Å². The molecule has 1 N–H and O–H groups in total. The average Bonchev–Trinajstić information content (AvgIpc) is 2.76. The topological polar surface area (TPSA) is 69.7 Å². The summed E-state index contributed by atoms with van der Waals surface area (Å²) in [5.74, 6) is 0.801. The van der Waals surface area contributed by atoms with E-state index in [4.69, 9.17) is 14.2 Å². The van der Waals surface area contributed by atoms with Gasteiger partial charge in [-0.25, -0.2) is 9.19 Å². The fourth-order valence-corrected chi connectivity index (χ4v) is 4.11. The van der Waals surface area contributed by atoms with Crippen molar-refractivity contribution in [3.63, 3.8) is 0 Å². The van der Waals surface area contributed by atoms with E-state index in [0.29, 0.717) is 36.1 Å². The largest absolute Gasteiger partial charge is 0.489 e. The molecular weight excluding hydrogens is 457 g/mol. The molecule has 0 saturated carbocycles. The number of aromatic nitrogens is 1. The van der Waals surface area contributed by atoms with Crippen LogP contribution >= 0.6 is 0 Å². The second kappa shape index (κ2) is 9.80. The van der Waals surface area contributed by atoms with Crippen LogP contribution < -0.4 is 14.2 Å². The first kappa shape index (κ1) is 23.1. The second-order valence-electron chi connectivity index (χ2n) is 7.35. The Labute approximate surface area is 191 Å². The molecule has 1 atom stereocenters. The molecule has 0 bridgehead atoms. The lowest BCUT2D eigenvalue weighted by Gasteiger charge is -2.25. The van der Waals surface area contributed by atoms with Crippen molar-refractivity contribution in [2.45, 2.75) is 18.0 Å². The molecule has 4 rings (SSSR count). The molecule has 2 aromatic carbocycles. The lowest BCUT2D eigenvalue weighted by molar-refractivity contribution is -0.137. The maximum absolute atomic E-state index is 12.9. The molecule has 3 aromatic rings. The zero-order valence-electron chi connectivity index (χ0n) is 17.6. The molecule has 6 nitrogen and oxygen atoms in total. The third kappa shape index (κ3) is 5.63. The Morgan fingerprint density at radius 2 is 1.91 bits per heavy atom. The van der Waals surface area contributed by atoms with Crippen molar-refractivity contribution in [1.29, 1.82) is 0 Å². The number of hydrogen-bond acceptors (Lipinski definition) is 5. The Morgan fingerprint density at radius 3 is 2.61 bits per heavy atom. The van der Waals surface area contributed by atoms with E-state index in [1.54, 1.807) is 36.5 Å². The van der Waals surface area contributed by atoms with E-state index in [1.807, 2.05) is 6.07 Å². The Morgan fingerprint density at radius 1 is 1.12 bits per heavy atom. The molecular formula is C23H21F3N2O4S. The average molecular weight is 478 g/mol. The number of alkyl halides is 3. The number of nitrogens with zero attached hydrogens (tertiary/aromatic N) is 1. The molecule has 1 aliphatic heterocycles. The van der Waals surface area contributed by atoms with Crippen LogP contribution in [0.1, 0.15) is 11.1 Å². The molecule has 1 unspecified atom stereocenters. The monoisotopic (exact) mass is 478 g/mol. The van der Waals surface area contributed by atoms with Crippen LogP contribution in [0.5, 0.6) is 11.6 Å². The molecule has 174 valence electrons. The van der Waals surface area contributed by atoms with Gasteiger partial charge >= 0.3 is 6.18 Å². The van der Waals surface area contributed by atoms with Gasteiger partial charge in [-0.15, -0.1) is 0 Å². The molecule has 0 amide bonds. The van der Waals surface area contributed by atoms with Gasteiger partial charge in [-0.1, -0.05) is 24.3 Å². The summed E-state index contributed by atoms with van der Waals surface area (Å²) < 4.78 is 70.2. The highest BCUT2D eigenvalue weighted by atomic mass is 32.2. The van der Waals surface area contributed by atoms with E-state index in [0.717, 1.165) is 23.3 Å². The number of benzene rings is 2. The summed E-state index contributed by atoms with van der Waals surface area (Å²) in [6.07, 6.45) is -2.79. The van der Waals surface area contributed by atoms with Gasteiger partial charge in [-0.3, -0.25) is 4.72 Å². The summed E-state index contributed by atoms with van der Waals surface area (Å²) in [7, 11) is 0.135. The molecule has 1 saturated heterocycles. The van der Waals surface area contributed by atoms with Crippen LogP contribution in [-0.4, -0.2) is 34.8 Å². The highest BCUT2D eigenvalue weighted by Crippen LogP contribution is 2.32. The first-order chi connectivity index (χ1) is 15.8. The van der Waals surface area contributed by atoms with Crippen LogP contribution in [0, 0.1) is 0 Å². The Bertz CT molecular complexity index is 1150. The fraction of sp³-hybridized carbons (Fsp3) is 0.261. The van der Waals surface area contributed by atoms with E-state index in [9.17, 15) is 17.4 Å². The lowest BCUT2D eigenvalue weighted by atomic mass is 10.1. The zero-order chi connectivity index (χ0) is 23.4. The molecule has 0 aliphatic carbocycles. The fourth-order valence-electron chi connectivity index (χ4n) is 3.14. The number of hydrogen-bond donors (Lipinski definition) is 1. The van der Waals surface area contributed by atoms with Crippen molar-refractivity contribution in [3.8, 4) is 22.8 Å². The standard InChI is InChI=1S/C23H21F3N2O4S/c1-30-22-21(28-33(29)20-13-31-14-20)10-17(11-27-22)16-5-3-7-19(9-16)32-12-15-4-2-6-18(8-15)23(24,25)26/h2-11,20,28H,12-14H2,1H3. The van der Waals surface area contributed by atoms with E-state index < -0.39 is 22.7 Å². The highest BCUT2D eigenvalue weighted by Gasteiger charge is 2.30. The Kier molecular flexibility index (Phi) is 6.85. The molecule has 1 aliphatic rings. The number of pyridine rings is 1. The van der Waals surface area contributed by atoms with Gasteiger partial charge in [-0.05, 0) is 41.5 Å². The number of anilines is 1. The van der Waals surface area contributed by atoms with E-state index >= 15 is 0 Å². The van der Waals surface area contributed by atoms with E-state index in [-0.39, 0.29) is 11.9 Å². The maximum Gasteiger partial charge on any atom is 0.416 e. The smallest absolute Gasteiger partial charge is 0.416 e. The third-order valence-electron chi connectivity index (χ3n) is 4.99. The normalized spacial score (nSPS) is 14.9. The molecule has 0 spiro atoms. The van der Waals surface area contributed by atoms with Crippen molar-refractivity contribution in [2.75, 3.05) is 25.0 Å². The van der Waals surface area contributed by atoms with Gasteiger partial charge in [0.1, 0.15) is 34.3 Å². The van der Waals surface area contributed by atoms with E-state index in [1.165, 1.54) is 13.2 Å². The molecule has 2 heterocycles. The van der Waals surface area contributed by atoms with Crippen LogP contribution in [0.3, 0.4) is 0 Å². The summed E-state index contributed by atoms with van der Waals surface area (Å²) in [5, 5.41) is -0.0917. The van der Waals surface area contributed by atoms with Crippen molar-refractivity contribution in [1.82, 2.24) is 4.98 Å². The predicted molar refractivity (Wildman–Crippen MR) is 118 cm³/mol. The molecule has 33 heavy (non-hydrogen) atoms. The number of halogens is 3. The molecule has 1 aromatic heterocycles. The minimum atomic E-state index is -4.40. The van der Waals surface area contributed by atoms with Crippen molar-refractivity contribution >= 4 is 16.7 Å². The van der Waals surface area contributed by atoms with Crippen molar-refractivity contribution < 1.29 is 31.6 Å². The lowest BCUT2D eigenvalue weighted by Crippen LogP contribution is -2.39. The predicted octanol–water partition coefficient (Wildman–Crippen LogP) is 4.83. The summed E-state index contributed by atoms with van der Waals surface area (Å²) >= 11 is 0. The van der Waals surface area contributed by atoms with Crippen LogP contribution in [0.4, 0.5) is 18.9 Å². The van der Waals surface area contributed by atoms with Gasteiger partial charge in [0, 0.05) is 11.8 Å². The summed E-state index contributed by atoms with van der Waals surface area (Å²) in [4.78, 5) is 4.29. The van der Waals surface area contributed by atoms with Crippen LogP contribution in [0.15, 0.2) is 60.8 Å². The van der Waals surface area contributed by atoms with Gasteiger partial charge in [-0.2, -0.15) is 13.2 Å². The Balaban J connectivity index is 1.50. The zero-order valence-corrected chi connectivity index (χ0v) is 18.4. The second-order valence-corrected chi connectivity index (χ2v) is 8.82. The van der Waals surface area contributed by atoms with E-state index in [2.05, 4.69) is 9.71 Å². The number of ether oxygens (including phenoxy) is 3. The molecule has 0 radical (unpaired) electrons. The molecule has 10 heteroatoms. The molecule has 1 fully saturated rings. The SMILES string of the molecule is COc1ncc(-c2cccc(OCc3cccc(C(F)(F)F)c3)c2)cc1NS(=O)C1COC1. The Hall–Kier alpha value is -3.11. The number of nitrogens with one attached hydrogen (secondary N) is 1. The van der Waals surface area contributed by atoms with Gasteiger partial charge < -0.3 is 14.2 Å². The highest BCUT2D eigenvalue weighted by molar-refractivity contribution is 7.87. The van der Waals surface area contributed by atoms with Crippen molar-refractivity contribution in [3.05, 3.63) is 71.9 Å². The van der Waals surface area contributed by atoms with Crippen molar-refractivity contribution in [2.24, 2.45) is 0 Å². The third-order valence-corrected chi connectivity index (χ3v) is 6.29. The first-order valence-corrected chi connectivity index (χ1v) is 11.2. The quantitative estimate of drug-likeness (QED) is 0.502. The summed E-state index contributed by atoms with van der Waals surface area (Å²) in [6, 6.07) is 13.9. The minimum absolute atomic E-state index is 0.0104. The first-order valence-electron chi connectivity index (χ1n) is 10.0. The van der Waals surface area contributed by atoms with Gasteiger partial charge in [0.2, 0.25) is 5.88 Å². The number of rotatable bonds is 8.